The second kappa shape index (κ2) is 6.26. The molecule has 7 heteroatoms. The van der Waals surface area contributed by atoms with E-state index in [9.17, 15) is 4.79 Å². The normalized spacial score (nSPS) is 18.5. The summed E-state index contributed by atoms with van der Waals surface area (Å²) in [6, 6.07) is 5.22. The Morgan fingerprint density at radius 1 is 1.38 bits per heavy atom. The molecular weight excluding hydrogens is 336 g/mol. The van der Waals surface area contributed by atoms with Gasteiger partial charge in [-0.05, 0) is 47.0 Å². The lowest BCUT2D eigenvalue weighted by Gasteiger charge is -2.32. The maximum Gasteiger partial charge on any atom is 0.287 e. The van der Waals surface area contributed by atoms with Crippen LogP contribution in [0.1, 0.15) is 23.4 Å². The van der Waals surface area contributed by atoms with Crippen LogP contribution in [-0.2, 0) is 0 Å². The van der Waals surface area contributed by atoms with Gasteiger partial charge in [0.05, 0.1) is 0 Å². The van der Waals surface area contributed by atoms with Crippen molar-refractivity contribution in [1.29, 1.82) is 0 Å². The van der Waals surface area contributed by atoms with E-state index in [1.807, 2.05) is 0 Å². The molecule has 1 aliphatic heterocycles. The summed E-state index contributed by atoms with van der Waals surface area (Å²) in [7, 11) is 0. The van der Waals surface area contributed by atoms with Gasteiger partial charge >= 0.3 is 0 Å². The lowest BCUT2D eigenvalue weighted by atomic mass is 10.1. The highest BCUT2D eigenvalue weighted by molar-refractivity contribution is 9.10. The fourth-order valence-electron chi connectivity index (χ4n) is 2.42. The number of rotatable bonds is 3. The average Bonchev–Trinajstić information content (AvgIpc) is 2.95. The Bertz CT molecular complexity index is 616. The van der Waals surface area contributed by atoms with Gasteiger partial charge in [-0.15, -0.1) is 0 Å². The van der Waals surface area contributed by atoms with Crippen molar-refractivity contribution in [2.24, 2.45) is 0 Å². The van der Waals surface area contributed by atoms with Gasteiger partial charge in [-0.25, -0.2) is 9.97 Å². The van der Waals surface area contributed by atoms with Crippen LogP contribution < -0.4 is 10.2 Å². The summed E-state index contributed by atoms with van der Waals surface area (Å²) in [6.07, 6.45) is 5.39. The van der Waals surface area contributed by atoms with Crippen LogP contribution in [0.3, 0.4) is 0 Å². The zero-order valence-corrected chi connectivity index (χ0v) is 12.9. The zero-order chi connectivity index (χ0) is 14.7. The van der Waals surface area contributed by atoms with Crippen molar-refractivity contribution < 1.29 is 9.21 Å². The summed E-state index contributed by atoms with van der Waals surface area (Å²) in [4.78, 5) is 22.7. The number of aromatic nitrogens is 2. The standard InChI is InChI=1S/C14H15BrN4O2/c15-12-5-4-11(21-12)13(20)18-10-3-1-8-19(9-10)14-16-6-2-7-17-14/h2,4-7,10H,1,3,8-9H2,(H,18,20). The summed E-state index contributed by atoms with van der Waals surface area (Å²) in [6.45, 7) is 1.61. The summed E-state index contributed by atoms with van der Waals surface area (Å²) in [5, 5.41) is 3.00. The third-order valence-electron chi connectivity index (χ3n) is 3.39. The second-order valence-corrected chi connectivity index (χ2v) is 5.69. The van der Waals surface area contributed by atoms with Gasteiger partial charge in [0.2, 0.25) is 5.95 Å². The largest absolute Gasteiger partial charge is 0.444 e. The van der Waals surface area contributed by atoms with Gasteiger partial charge in [-0.3, -0.25) is 4.79 Å². The van der Waals surface area contributed by atoms with Crippen molar-refractivity contribution in [2.75, 3.05) is 18.0 Å². The van der Waals surface area contributed by atoms with Crippen molar-refractivity contribution in [3.63, 3.8) is 0 Å². The third kappa shape index (κ3) is 3.41. The molecule has 110 valence electrons. The van der Waals surface area contributed by atoms with Crippen molar-refractivity contribution in [3.05, 3.63) is 41.0 Å². The Labute approximate surface area is 130 Å². The Morgan fingerprint density at radius 2 is 2.19 bits per heavy atom. The van der Waals surface area contributed by atoms with Gasteiger partial charge in [-0.1, -0.05) is 0 Å². The van der Waals surface area contributed by atoms with E-state index in [-0.39, 0.29) is 11.9 Å². The molecule has 1 amide bonds. The Kier molecular flexibility index (Phi) is 4.19. The maximum atomic E-state index is 12.1. The molecule has 6 nitrogen and oxygen atoms in total. The predicted octanol–water partition coefficient (Wildman–Crippen LogP) is 2.23. The van der Waals surface area contributed by atoms with Crippen LogP contribution in [0, 0.1) is 0 Å². The molecule has 0 aromatic carbocycles. The molecule has 0 aliphatic carbocycles. The Balaban J connectivity index is 1.62. The van der Waals surface area contributed by atoms with Crippen molar-refractivity contribution in [3.8, 4) is 0 Å². The van der Waals surface area contributed by atoms with Crippen LogP contribution in [-0.4, -0.2) is 35.0 Å². The molecule has 1 atom stereocenters. The highest BCUT2D eigenvalue weighted by Crippen LogP contribution is 2.17. The second-order valence-electron chi connectivity index (χ2n) is 4.91. The molecule has 3 heterocycles. The first kappa shape index (κ1) is 14.1. The van der Waals surface area contributed by atoms with E-state index < -0.39 is 0 Å². The number of hydrogen-bond donors (Lipinski definition) is 1. The quantitative estimate of drug-likeness (QED) is 0.918. The SMILES string of the molecule is O=C(NC1CCCN(c2ncccn2)C1)c1ccc(Br)o1. The monoisotopic (exact) mass is 350 g/mol. The minimum Gasteiger partial charge on any atom is -0.444 e. The molecule has 0 saturated carbocycles. The number of carbonyl (C=O) groups is 1. The van der Waals surface area contributed by atoms with E-state index in [1.165, 1.54) is 0 Å². The van der Waals surface area contributed by atoms with Crippen LogP contribution >= 0.6 is 15.9 Å². The summed E-state index contributed by atoms with van der Waals surface area (Å²) < 4.78 is 5.82. The minimum absolute atomic E-state index is 0.0685. The number of furan rings is 1. The lowest BCUT2D eigenvalue weighted by Crippen LogP contribution is -2.48. The number of amides is 1. The summed E-state index contributed by atoms with van der Waals surface area (Å²) >= 11 is 3.19. The van der Waals surface area contributed by atoms with E-state index in [0.717, 1.165) is 19.4 Å². The van der Waals surface area contributed by atoms with E-state index >= 15 is 0 Å². The van der Waals surface area contributed by atoms with Gasteiger partial charge in [0, 0.05) is 31.5 Å². The van der Waals surface area contributed by atoms with Crippen molar-refractivity contribution >= 4 is 27.8 Å². The maximum absolute atomic E-state index is 12.1. The lowest BCUT2D eigenvalue weighted by molar-refractivity contribution is 0.0903. The van der Waals surface area contributed by atoms with Gasteiger partial charge < -0.3 is 14.6 Å². The molecule has 1 saturated heterocycles. The molecule has 21 heavy (non-hydrogen) atoms. The first-order valence-electron chi connectivity index (χ1n) is 6.80. The number of nitrogens with zero attached hydrogens (tertiary/aromatic N) is 3. The van der Waals surface area contributed by atoms with Crippen LogP contribution in [0.25, 0.3) is 0 Å². The van der Waals surface area contributed by atoms with Crippen LogP contribution in [0.15, 0.2) is 39.7 Å². The fraction of sp³-hybridized carbons (Fsp3) is 0.357. The smallest absolute Gasteiger partial charge is 0.287 e. The van der Waals surface area contributed by atoms with E-state index in [4.69, 9.17) is 4.42 Å². The topological polar surface area (TPSA) is 71.3 Å². The molecular formula is C14H15BrN4O2. The number of carbonyl (C=O) groups excluding carboxylic acids is 1. The van der Waals surface area contributed by atoms with Crippen molar-refractivity contribution in [1.82, 2.24) is 15.3 Å². The van der Waals surface area contributed by atoms with Gasteiger partial charge in [0.25, 0.3) is 5.91 Å². The first-order chi connectivity index (χ1) is 10.2. The Morgan fingerprint density at radius 3 is 2.90 bits per heavy atom. The van der Waals surface area contributed by atoms with E-state index in [2.05, 4.69) is 36.1 Å². The third-order valence-corrected chi connectivity index (χ3v) is 3.81. The molecule has 0 bridgehead atoms. The summed E-state index contributed by atoms with van der Waals surface area (Å²) in [5.41, 5.74) is 0. The van der Waals surface area contributed by atoms with Crippen LogP contribution in [0.2, 0.25) is 0 Å². The molecule has 0 radical (unpaired) electrons. The Hall–Kier alpha value is -1.89. The van der Waals surface area contributed by atoms with Gasteiger partial charge in [0.1, 0.15) is 0 Å². The molecule has 1 aliphatic rings. The number of piperidine rings is 1. The van der Waals surface area contributed by atoms with E-state index in [1.54, 1.807) is 30.6 Å². The van der Waals surface area contributed by atoms with Crippen LogP contribution in [0.5, 0.6) is 0 Å². The molecule has 1 N–H and O–H groups in total. The molecule has 1 fully saturated rings. The number of nitrogens with one attached hydrogen (secondary N) is 1. The minimum atomic E-state index is -0.193. The molecule has 1 unspecified atom stereocenters. The van der Waals surface area contributed by atoms with E-state index in [0.29, 0.717) is 22.9 Å². The molecule has 3 rings (SSSR count). The van der Waals surface area contributed by atoms with Crippen molar-refractivity contribution in [2.45, 2.75) is 18.9 Å². The highest BCUT2D eigenvalue weighted by Gasteiger charge is 2.24. The fourth-order valence-corrected chi connectivity index (χ4v) is 2.73. The van der Waals surface area contributed by atoms with Gasteiger partial charge in [0.15, 0.2) is 10.4 Å². The first-order valence-corrected chi connectivity index (χ1v) is 7.60. The zero-order valence-electron chi connectivity index (χ0n) is 11.3. The molecule has 2 aromatic heterocycles. The number of hydrogen-bond acceptors (Lipinski definition) is 5. The predicted molar refractivity (Wildman–Crippen MR) is 81.1 cm³/mol. The average molecular weight is 351 g/mol. The highest BCUT2D eigenvalue weighted by atomic mass is 79.9. The number of anilines is 1. The van der Waals surface area contributed by atoms with Gasteiger partial charge in [-0.2, -0.15) is 0 Å². The number of halogens is 1. The molecule has 2 aromatic rings. The summed E-state index contributed by atoms with van der Waals surface area (Å²) in [5.74, 6) is 0.827. The molecule has 0 spiro atoms. The van der Waals surface area contributed by atoms with Crippen LogP contribution in [0.4, 0.5) is 5.95 Å².